The average molecular weight is 550 g/mol. The normalized spacial score (nSPS) is 10.4. The number of esters is 4. The number of anilines is 2. The number of hydrogen-bond acceptors (Lipinski definition) is 13. The second-order valence-electron chi connectivity index (χ2n) is 7.68. The zero-order chi connectivity index (χ0) is 29.3. The Bertz CT molecular complexity index is 1050. The van der Waals surface area contributed by atoms with Crippen LogP contribution in [0.3, 0.4) is 0 Å². The number of benzene rings is 2. The molecule has 0 heterocycles. The van der Waals surface area contributed by atoms with Gasteiger partial charge in [0.05, 0.1) is 56.9 Å². The molecule has 0 aliphatic rings. The van der Waals surface area contributed by atoms with Crippen molar-refractivity contribution in [1.29, 1.82) is 0 Å². The lowest BCUT2D eigenvalue weighted by molar-refractivity contribution is -0.156. The summed E-state index contributed by atoms with van der Waals surface area (Å²) in [5, 5.41) is 3.12. The lowest BCUT2D eigenvalue weighted by atomic mass is 9.97. The van der Waals surface area contributed by atoms with E-state index in [1.165, 1.54) is 52.7 Å². The predicted octanol–water partition coefficient (Wildman–Crippen LogP) is 2.32. The van der Waals surface area contributed by atoms with Crippen LogP contribution in [-0.2, 0) is 38.1 Å². The Labute approximate surface area is 225 Å². The van der Waals surface area contributed by atoms with Crippen LogP contribution < -0.4 is 24.3 Å². The zero-order valence-electron chi connectivity index (χ0n) is 22.9. The quantitative estimate of drug-likeness (QED) is 0.234. The van der Waals surface area contributed by atoms with E-state index in [0.717, 1.165) is 28.4 Å². The van der Waals surface area contributed by atoms with Crippen molar-refractivity contribution in [2.45, 2.75) is 11.8 Å². The molecule has 0 aliphatic carbocycles. The summed E-state index contributed by atoms with van der Waals surface area (Å²) >= 11 is 0. The van der Waals surface area contributed by atoms with Crippen LogP contribution >= 0.6 is 0 Å². The molecule has 0 unspecified atom stereocenters. The van der Waals surface area contributed by atoms with Crippen LogP contribution in [0.15, 0.2) is 24.3 Å². The van der Waals surface area contributed by atoms with E-state index in [9.17, 15) is 19.2 Å². The van der Waals surface area contributed by atoms with E-state index in [-0.39, 0.29) is 45.5 Å². The molecular weight excluding hydrogens is 518 g/mol. The van der Waals surface area contributed by atoms with Crippen molar-refractivity contribution in [2.75, 3.05) is 62.2 Å². The topological polar surface area (TPSA) is 154 Å². The molecule has 2 rings (SSSR count). The smallest absolute Gasteiger partial charge is 0.324 e. The van der Waals surface area contributed by atoms with Gasteiger partial charge in [0.25, 0.3) is 0 Å². The predicted molar refractivity (Wildman–Crippen MR) is 136 cm³/mol. The maximum Gasteiger partial charge on any atom is 0.324 e. The number of carbonyl (C=O) groups excluding carboxylic acids is 4. The summed E-state index contributed by atoms with van der Waals surface area (Å²) in [7, 11) is 10.1. The first-order valence-corrected chi connectivity index (χ1v) is 11.3. The van der Waals surface area contributed by atoms with E-state index in [0.29, 0.717) is 0 Å². The molecule has 1 N–H and O–H groups in total. The standard InChI is InChI=1S/C26H31NO12/c1-32-15-9-13(19(23(28)36-5)24(29)37-6)10-16(33-2)21(15)27-22-17(34-3)11-14(12-18(22)35-4)20(25(30)38-7)26(31)39-8/h9-12,19-20,27H,1-8H3. The second kappa shape index (κ2) is 13.7. The van der Waals surface area contributed by atoms with Crippen molar-refractivity contribution in [3.8, 4) is 23.0 Å². The molecule has 2 aromatic carbocycles. The molecular formula is C26H31NO12. The van der Waals surface area contributed by atoms with Gasteiger partial charge in [0, 0.05) is 0 Å². The first-order chi connectivity index (χ1) is 18.6. The monoisotopic (exact) mass is 549 g/mol. The van der Waals surface area contributed by atoms with Gasteiger partial charge in [0.15, 0.2) is 11.8 Å². The first-order valence-electron chi connectivity index (χ1n) is 11.3. The molecule has 0 bridgehead atoms. The van der Waals surface area contributed by atoms with Crippen LogP contribution in [0.4, 0.5) is 11.4 Å². The summed E-state index contributed by atoms with van der Waals surface area (Å²) in [4.78, 5) is 49.4. The van der Waals surface area contributed by atoms with Crippen LogP contribution in [-0.4, -0.2) is 80.8 Å². The molecule has 0 amide bonds. The summed E-state index contributed by atoms with van der Waals surface area (Å²) < 4.78 is 41.2. The van der Waals surface area contributed by atoms with Crippen LogP contribution in [0.25, 0.3) is 0 Å². The number of hydrogen-bond donors (Lipinski definition) is 1. The molecule has 0 spiro atoms. The van der Waals surface area contributed by atoms with Crippen LogP contribution in [0.1, 0.15) is 23.0 Å². The van der Waals surface area contributed by atoms with E-state index in [1.54, 1.807) is 0 Å². The third kappa shape index (κ3) is 6.43. The third-order valence-electron chi connectivity index (χ3n) is 5.72. The fourth-order valence-corrected chi connectivity index (χ4v) is 3.78. The molecule has 2 aromatic rings. The van der Waals surface area contributed by atoms with E-state index in [2.05, 4.69) is 5.32 Å². The minimum Gasteiger partial charge on any atom is -0.494 e. The molecule has 0 aromatic heterocycles. The molecule has 0 atom stereocenters. The summed E-state index contributed by atoms with van der Waals surface area (Å²) in [5.74, 6) is -5.42. The van der Waals surface area contributed by atoms with Gasteiger partial charge < -0.3 is 43.2 Å². The Hall–Kier alpha value is -4.68. The van der Waals surface area contributed by atoms with Crippen LogP contribution in [0.5, 0.6) is 23.0 Å². The fourth-order valence-electron chi connectivity index (χ4n) is 3.78. The van der Waals surface area contributed by atoms with Gasteiger partial charge in [0.1, 0.15) is 34.4 Å². The molecule has 212 valence electrons. The largest absolute Gasteiger partial charge is 0.494 e. The Morgan fingerprint density at radius 2 is 0.718 bits per heavy atom. The number of carbonyl (C=O) groups is 4. The van der Waals surface area contributed by atoms with Crippen LogP contribution in [0.2, 0.25) is 0 Å². The minimum atomic E-state index is -1.39. The highest BCUT2D eigenvalue weighted by atomic mass is 16.6. The van der Waals surface area contributed by atoms with Gasteiger partial charge in [-0.3, -0.25) is 19.2 Å². The Morgan fingerprint density at radius 1 is 0.487 bits per heavy atom. The SMILES string of the molecule is COC(=O)C(C(=O)OC)c1cc(OC)c(Nc2c(OC)cc(C(C(=O)OC)C(=O)OC)cc2OC)c(OC)c1. The van der Waals surface area contributed by atoms with Gasteiger partial charge in [-0.15, -0.1) is 0 Å². The lowest BCUT2D eigenvalue weighted by Gasteiger charge is -2.22. The summed E-state index contributed by atoms with van der Waals surface area (Å²) in [6.07, 6.45) is 0. The zero-order valence-corrected chi connectivity index (χ0v) is 22.9. The first kappa shape index (κ1) is 30.5. The number of ether oxygens (including phenoxy) is 8. The van der Waals surface area contributed by atoms with Gasteiger partial charge in [0.2, 0.25) is 0 Å². The van der Waals surface area contributed by atoms with E-state index < -0.39 is 35.7 Å². The van der Waals surface area contributed by atoms with Crippen molar-refractivity contribution >= 4 is 35.3 Å². The van der Waals surface area contributed by atoms with E-state index in [1.807, 2.05) is 0 Å². The molecule has 13 heteroatoms. The van der Waals surface area contributed by atoms with E-state index in [4.69, 9.17) is 37.9 Å². The van der Waals surface area contributed by atoms with Crippen molar-refractivity contribution in [3.05, 3.63) is 35.4 Å². The Balaban J connectivity index is 2.73. The molecule has 0 fully saturated rings. The van der Waals surface area contributed by atoms with Crippen molar-refractivity contribution < 1.29 is 57.1 Å². The maximum atomic E-state index is 12.4. The fraction of sp³-hybridized carbons (Fsp3) is 0.385. The minimum absolute atomic E-state index is 0.178. The number of methoxy groups -OCH3 is 8. The van der Waals surface area contributed by atoms with Gasteiger partial charge in [-0.25, -0.2) is 0 Å². The summed E-state index contributed by atoms with van der Waals surface area (Å²) in [5.41, 5.74) is 0.945. The molecule has 0 aliphatic heterocycles. The highest BCUT2D eigenvalue weighted by Crippen LogP contribution is 2.46. The van der Waals surface area contributed by atoms with Crippen molar-refractivity contribution in [3.63, 3.8) is 0 Å². The molecule has 13 nitrogen and oxygen atoms in total. The maximum absolute atomic E-state index is 12.4. The molecule has 0 saturated heterocycles. The van der Waals surface area contributed by atoms with Crippen molar-refractivity contribution in [2.24, 2.45) is 0 Å². The number of rotatable bonds is 12. The molecule has 0 radical (unpaired) electrons. The third-order valence-corrected chi connectivity index (χ3v) is 5.72. The van der Waals surface area contributed by atoms with Crippen LogP contribution in [0, 0.1) is 0 Å². The summed E-state index contributed by atoms with van der Waals surface area (Å²) in [6, 6.07) is 5.78. The summed E-state index contributed by atoms with van der Waals surface area (Å²) in [6.45, 7) is 0. The van der Waals surface area contributed by atoms with Gasteiger partial charge in [-0.1, -0.05) is 0 Å². The lowest BCUT2D eigenvalue weighted by Crippen LogP contribution is -2.24. The number of nitrogens with one attached hydrogen (secondary N) is 1. The average Bonchev–Trinajstić information content (AvgIpc) is 2.96. The van der Waals surface area contributed by atoms with E-state index >= 15 is 0 Å². The highest BCUT2D eigenvalue weighted by molar-refractivity contribution is 6.02. The van der Waals surface area contributed by atoms with Gasteiger partial charge in [-0.2, -0.15) is 0 Å². The highest BCUT2D eigenvalue weighted by Gasteiger charge is 2.34. The Kier molecular flexibility index (Phi) is 10.8. The molecule has 0 saturated carbocycles. The molecule has 39 heavy (non-hydrogen) atoms. The Morgan fingerprint density at radius 3 is 0.897 bits per heavy atom. The second-order valence-corrected chi connectivity index (χ2v) is 7.68. The van der Waals surface area contributed by atoms with Gasteiger partial charge >= 0.3 is 23.9 Å². The van der Waals surface area contributed by atoms with Crippen molar-refractivity contribution in [1.82, 2.24) is 0 Å². The van der Waals surface area contributed by atoms with Gasteiger partial charge in [-0.05, 0) is 35.4 Å².